The highest BCUT2D eigenvalue weighted by Crippen LogP contribution is 2.25. The van der Waals surface area contributed by atoms with Gasteiger partial charge in [0.25, 0.3) is 10.0 Å². The van der Waals surface area contributed by atoms with Crippen molar-refractivity contribution in [1.29, 1.82) is 0 Å². The van der Waals surface area contributed by atoms with E-state index >= 15 is 0 Å². The van der Waals surface area contributed by atoms with Crippen LogP contribution in [-0.4, -0.2) is 40.6 Å². The number of sulfonamides is 1. The van der Waals surface area contributed by atoms with Crippen molar-refractivity contribution in [3.63, 3.8) is 0 Å². The third kappa shape index (κ3) is 6.51. The monoisotopic (exact) mass is 482 g/mol. The van der Waals surface area contributed by atoms with E-state index in [9.17, 15) is 13.2 Å². The molecule has 1 N–H and O–H groups in total. The molecule has 1 amide bonds. The molecule has 0 heterocycles. The summed E-state index contributed by atoms with van der Waals surface area (Å²) in [5.74, 6) is 0.898. The minimum atomic E-state index is -3.99. The van der Waals surface area contributed by atoms with Gasteiger partial charge in [0.1, 0.15) is 24.7 Å². The number of para-hydroxylation sites is 1. The van der Waals surface area contributed by atoms with Gasteiger partial charge >= 0.3 is 0 Å². The van der Waals surface area contributed by atoms with Gasteiger partial charge in [0.15, 0.2) is 0 Å². The van der Waals surface area contributed by atoms with Crippen LogP contribution in [0.3, 0.4) is 0 Å². The van der Waals surface area contributed by atoms with Crippen molar-refractivity contribution in [2.45, 2.75) is 25.7 Å². The van der Waals surface area contributed by atoms with Crippen LogP contribution in [-0.2, 0) is 14.8 Å². The molecule has 7 nitrogen and oxygen atoms in total. The Hall–Kier alpha value is -3.52. The normalized spacial score (nSPS) is 11.0. The second-order valence-corrected chi connectivity index (χ2v) is 9.58. The average molecular weight is 483 g/mol. The molecule has 3 rings (SSSR count). The van der Waals surface area contributed by atoms with Crippen molar-refractivity contribution in [2.24, 2.45) is 0 Å². The lowest BCUT2D eigenvalue weighted by Crippen LogP contribution is -2.41. The maximum atomic E-state index is 13.5. The number of aryl methyl sites for hydroxylation is 2. The van der Waals surface area contributed by atoms with Gasteiger partial charge in [-0.15, -0.1) is 0 Å². The summed E-state index contributed by atoms with van der Waals surface area (Å²) in [6.07, 6.45) is 0. The Labute approximate surface area is 201 Å². The van der Waals surface area contributed by atoms with Gasteiger partial charge in [-0.05, 0) is 68.8 Å². The molecule has 3 aromatic carbocycles. The van der Waals surface area contributed by atoms with Crippen molar-refractivity contribution in [3.05, 3.63) is 83.9 Å². The van der Waals surface area contributed by atoms with Crippen molar-refractivity contribution in [2.75, 3.05) is 30.6 Å². The Balaban J connectivity index is 1.72. The number of nitrogens with one attached hydrogen (secondary N) is 1. The number of carbonyl (C=O) groups excluding carboxylic acids is 1. The minimum absolute atomic E-state index is 0.0761. The molecule has 34 heavy (non-hydrogen) atoms. The Bertz CT molecular complexity index is 1190. The van der Waals surface area contributed by atoms with E-state index in [1.54, 1.807) is 24.3 Å². The summed E-state index contributed by atoms with van der Waals surface area (Å²) in [6, 6.07) is 20.8. The van der Waals surface area contributed by atoms with E-state index in [1.807, 2.05) is 57.2 Å². The van der Waals surface area contributed by atoms with Crippen molar-refractivity contribution in [1.82, 2.24) is 5.32 Å². The fourth-order valence-electron chi connectivity index (χ4n) is 3.28. The Morgan fingerprint density at radius 3 is 2.24 bits per heavy atom. The fraction of sp³-hybridized carbons (Fsp3) is 0.269. The smallest absolute Gasteiger partial charge is 0.264 e. The molecule has 0 unspecified atom stereocenters. The lowest BCUT2D eigenvalue weighted by molar-refractivity contribution is -0.119. The van der Waals surface area contributed by atoms with Gasteiger partial charge in [-0.3, -0.25) is 9.10 Å². The average Bonchev–Trinajstić information content (AvgIpc) is 2.82. The number of amides is 1. The lowest BCUT2D eigenvalue weighted by Gasteiger charge is -2.24. The second kappa shape index (κ2) is 11.6. The summed E-state index contributed by atoms with van der Waals surface area (Å²) >= 11 is 0. The number of carbonyl (C=O) groups is 1. The van der Waals surface area contributed by atoms with Crippen LogP contribution < -0.4 is 19.1 Å². The van der Waals surface area contributed by atoms with Gasteiger partial charge < -0.3 is 14.8 Å². The van der Waals surface area contributed by atoms with Gasteiger partial charge in [0.2, 0.25) is 5.91 Å². The largest absolute Gasteiger partial charge is 0.494 e. The number of hydrogen-bond acceptors (Lipinski definition) is 5. The molecule has 0 saturated carbocycles. The van der Waals surface area contributed by atoms with Crippen molar-refractivity contribution >= 4 is 21.6 Å². The molecule has 0 aliphatic rings. The van der Waals surface area contributed by atoms with Crippen LogP contribution in [0.1, 0.15) is 18.1 Å². The molecule has 0 atom stereocenters. The quantitative estimate of drug-likeness (QED) is 0.416. The Morgan fingerprint density at radius 2 is 1.59 bits per heavy atom. The van der Waals surface area contributed by atoms with E-state index in [4.69, 9.17) is 9.47 Å². The second-order valence-electron chi connectivity index (χ2n) is 7.72. The van der Waals surface area contributed by atoms with E-state index in [1.165, 1.54) is 12.1 Å². The summed E-state index contributed by atoms with van der Waals surface area (Å²) < 4.78 is 39.1. The first-order valence-electron chi connectivity index (χ1n) is 11.1. The minimum Gasteiger partial charge on any atom is -0.494 e. The van der Waals surface area contributed by atoms with Crippen molar-refractivity contribution in [3.8, 4) is 11.5 Å². The fourth-order valence-corrected chi connectivity index (χ4v) is 4.70. The molecule has 0 saturated heterocycles. The zero-order valence-corrected chi connectivity index (χ0v) is 20.5. The van der Waals surface area contributed by atoms with Crippen LogP contribution in [0.25, 0.3) is 0 Å². The van der Waals surface area contributed by atoms with E-state index in [-0.39, 0.29) is 24.6 Å². The Morgan fingerprint density at radius 1 is 0.912 bits per heavy atom. The first-order chi connectivity index (χ1) is 16.3. The predicted molar refractivity (Wildman–Crippen MR) is 133 cm³/mol. The number of benzene rings is 3. The molecule has 0 radical (unpaired) electrons. The van der Waals surface area contributed by atoms with Gasteiger partial charge in [0.05, 0.1) is 23.7 Å². The standard InChI is InChI=1S/C26H30N2O5S/c1-4-32-23-13-15-24(16-14-23)34(30,31)28(22-11-9-20(2)10-12-22)19-26(29)27-17-18-33-25-8-6-5-7-21(25)3/h5-16H,4,17-19H2,1-3H3,(H,27,29). The number of hydrogen-bond donors (Lipinski definition) is 1. The van der Waals surface area contributed by atoms with Gasteiger partial charge in [-0.2, -0.15) is 0 Å². The summed E-state index contributed by atoms with van der Waals surface area (Å²) in [7, 11) is -3.99. The van der Waals surface area contributed by atoms with Crippen LogP contribution in [0.4, 0.5) is 5.69 Å². The molecular formula is C26H30N2O5S. The molecule has 0 spiro atoms. The van der Waals surface area contributed by atoms with Gasteiger partial charge in [0, 0.05) is 0 Å². The van der Waals surface area contributed by atoms with E-state index in [0.717, 1.165) is 21.2 Å². The first-order valence-corrected chi connectivity index (χ1v) is 12.5. The van der Waals surface area contributed by atoms with Crippen LogP contribution >= 0.6 is 0 Å². The van der Waals surface area contributed by atoms with E-state index in [0.29, 0.717) is 18.0 Å². The molecule has 0 bridgehead atoms. The summed E-state index contributed by atoms with van der Waals surface area (Å²) in [4.78, 5) is 12.8. The molecule has 180 valence electrons. The van der Waals surface area contributed by atoms with Gasteiger partial charge in [-0.1, -0.05) is 35.9 Å². The molecule has 0 aliphatic carbocycles. The van der Waals surface area contributed by atoms with Gasteiger partial charge in [-0.25, -0.2) is 8.42 Å². The molecule has 8 heteroatoms. The molecular weight excluding hydrogens is 452 g/mol. The number of ether oxygens (including phenoxy) is 2. The van der Waals surface area contributed by atoms with Crippen LogP contribution in [0.15, 0.2) is 77.7 Å². The topological polar surface area (TPSA) is 84.9 Å². The maximum absolute atomic E-state index is 13.5. The Kier molecular flexibility index (Phi) is 8.54. The highest BCUT2D eigenvalue weighted by molar-refractivity contribution is 7.92. The highest BCUT2D eigenvalue weighted by atomic mass is 32.2. The molecule has 3 aromatic rings. The molecule has 0 aliphatic heterocycles. The summed E-state index contributed by atoms with van der Waals surface area (Å²) in [6.45, 7) is 6.35. The highest BCUT2D eigenvalue weighted by Gasteiger charge is 2.27. The van der Waals surface area contributed by atoms with Crippen LogP contribution in [0, 0.1) is 13.8 Å². The number of nitrogens with zero attached hydrogens (tertiary/aromatic N) is 1. The summed E-state index contributed by atoms with van der Waals surface area (Å²) in [5.41, 5.74) is 2.39. The van der Waals surface area contributed by atoms with Crippen molar-refractivity contribution < 1.29 is 22.7 Å². The molecule has 0 fully saturated rings. The SMILES string of the molecule is CCOc1ccc(S(=O)(=O)N(CC(=O)NCCOc2ccccc2C)c2ccc(C)cc2)cc1. The predicted octanol–water partition coefficient (Wildman–Crippen LogP) is 4.09. The first kappa shape index (κ1) is 25.1. The van der Waals surface area contributed by atoms with E-state index < -0.39 is 15.9 Å². The lowest BCUT2D eigenvalue weighted by atomic mass is 10.2. The zero-order valence-electron chi connectivity index (χ0n) is 19.7. The third-order valence-electron chi connectivity index (χ3n) is 5.11. The number of anilines is 1. The van der Waals surface area contributed by atoms with E-state index in [2.05, 4.69) is 5.32 Å². The third-order valence-corrected chi connectivity index (χ3v) is 6.90. The van der Waals surface area contributed by atoms with Crippen LogP contribution in [0.2, 0.25) is 0 Å². The summed E-state index contributed by atoms with van der Waals surface area (Å²) in [5, 5.41) is 2.74. The van der Waals surface area contributed by atoms with Crippen LogP contribution in [0.5, 0.6) is 11.5 Å². The zero-order chi connectivity index (χ0) is 24.6. The molecule has 0 aromatic heterocycles. The number of rotatable bonds is 11. The maximum Gasteiger partial charge on any atom is 0.264 e.